The maximum atomic E-state index is 13.5. The van der Waals surface area contributed by atoms with Crippen LogP contribution < -0.4 is 14.8 Å². The summed E-state index contributed by atoms with van der Waals surface area (Å²) in [5.74, 6) is -1.39. The van der Waals surface area contributed by atoms with Crippen molar-refractivity contribution >= 4 is 18.1 Å². The third-order valence-corrected chi connectivity index (χ3v) is 7.25. The highest BCUT2D eigenvalue weighted by Crippen LogP contribution is 2.51. The molecule has 3 aliphatic rings. The van der Waals surface area contributed by atoms with Crippen LogP contribution in [0.2, 0.25) is 0 Å². The Labute approximate surface area is 218 Å². The van der Waals surface area contributed by atoms with E-state index in [0.717, 1.165) is 12.8 Å². The molecular formula is C28H29FN2O7. The Kier molecular flexibility index (Phi) is 7.18. The molecule has 3 N–H and O–H groups in total. The first kappa shape index (κ1) is 25.9. The maximum absolute atomic E-state index is 13.5. The fourth-order valence-electron chi connectivity index (χ4n) is 5.24. The molecule has 2 aromatic rings. The number of methoxy groups -OCH3 is 1. The van der Waals surface area contributed by atoms with Crippen molar-refractivity contribution in [2.24, 2.45) is 5.92 Å². The standard InChI is InChI=1S/C28H29FN2O7/c1-37-22-11-16(14-33)10-19-23-20(27(35)30-8-9-32)12-21(24(34)26(23)38-25(19)22)31(28(36)17-4-5-17)13-15-2-6-18(29)7-3-15/h2-3,6-7,10-12,14,17,21,23-24,26,32,34H,4-5,8-9,13H2,1H3,(H,30,35)/t21-,23+,24+,26+/m1/s1. The van der Waals surface area contributed by atoms with Gasteiger partial charge >= 0.3 is 0 Å². The van der Waals surface area contributed by atoms with Gasteiger partial charge in [-0.3, -0.25) is 14.4 Å². The van der Waals surface area contributed by atoms with E-state index in [1.54, 1.807) is 24.3 Å². The van der Waals surface area contributed by atoms with Gasteiger partial charge in [-0.05, 0) is 48.7 Å². The number of aliphatic hydroxyl groups excluding tert-OH is 2. The van der Waals surface area contributed by atoms with Crippen molar-refractivity contribution in [2.45, 2.75) is 43.6 Å². The maximum Gasteiger partial charge on any atom is 0.247 e. The first-order valence-electron chi connectivity index (χ1n) is 12.5. The molecule has 1 fully saturated rings. The number of amides is 2. The van der Waals surface area contributed by atoms with Crippen molar-refractivity contribution < 1.29 is 38.5 Å². The third kappa shape index (κ3) is 4.77. The van der Waals surface area contributed by atoms with Crippen molar-refractivity contribution in [2.75, 3.05) is 20.3 Å². The summed E-state index contributed by atoms with van der Waals surface area (Å²) < 4.78 is 25.1. The summed E-state index contributed by atoms with van der Waals surface area (Å²) in [6.45, 7) is -0.166. The Morgan fingerprint density at radius 3 is 2.61 bits per heavy atom. The topological polar surface area (TPSA) is 125 Å². The number of aliphatic hydroxyl groups is 2. The summed E-state index contributed by atoms with van der Waals surface area (Å²) in [6.07, 6.45) is 1.51. The van der Waals surface area contributed by atoms with Crippen LogP contribution in [0, 0.1) is 11.7 Å². The van der Waals surface area contributed by atoms with Gasteiger partial charge in [0.05, 0.1) is 25.7 Å². The number of carbonyl (C=O) groups is 3. The zero-order valence-electron chi connectivity index (χ0n) is 20.8. The number of fused-ring (bicyclic) bond motifs is 3. The van der Waals surface area contributed by atoms with Crippen molar-refractivity contribution in [3.63, 3.8) is 0 Å². The molecule has 2 amide bonds. The molecule has 0 unspecified atom stereocenters. The van der Waals surface area contributed by atoms with Crippen LogP contribution in [0.25, 0.3) is 0 Å². The van der Waals surface area contributed by atoms with Gasteiger partial charge in [0.2, 0.25) is 11.8 Å². The average molecular weight is 525 g/mol. The highest BCUT2D eigenvalue weighted by molar-refractivity contribution is 5.96. The molecule has 0 bridgehead atoms. The average Bonchev–Trinajstić information content (AvgIpc) is 3.71. The van der Waals surface area contributed by atoms with Crippen LogP contribution in [0.3, 0.4) is 0 Å². The molecule has 0 radical (unpaired) electrons. The normalized spacial score (nSPS) is 23.4. The van der Waals surface area contributed by atoms with Crippen LogP contribution >= 0.6 is 0 Å². The van der Waals surface area contributed by atoms with Crippen LogP contribution in [0.5, 0.6) is 11.5 Å². The molecule has 0 saturated heterocycles. The van der Waals surface area contributed by atoms with E-state index in [4.69, 9.17) is 9.47 Å². The molecule has 9 nitrogen and oxygen atoms in total. The van der Waals surface area contributed by atoms with E-state index in [1.165, 1.54) is 30.2 Å². The number of hydrogen-bond donors (Lipinski definition) is 3. The van der Waals surface area contributed by atoms with Crippen LogP contribution in [-0.4, -0.2) is 71.7 Å². The fourth-order valence-corrected chi connectivity index (χ4v) is 5.24. The Bertz CT molecular complexity index is 1270. The lowest BCUT2D eigenvalue weighted by Gasteiger charge is -2.41. The molecule has 38 heavy (non-hydrogen) atoms. The number of rotatable bonds is 9. The summed E-state index contributed by atoms with van der Waals surface area (Å²) in [5, 5.41) is 23.5. The molecule has 5 rings (SSSR count). The predicted octanol–water partition coefficient (Wildman–Crippen LogP) is 1.71. The Hall–Kier alpha value is -3.76. The second kappa shape index (κ2) is 10.5. The lowest BCUT2D eigenvalue weighted by atomic mass is 9.77. The minimum atomic E-state index is -1.23. The van der Waals surface area contributed by atoms with E-state index in [-0.39, 0.29) is 42.8 Å². The van der Waals surface area contributed by atoms with Gasteiger partial charge in [0, 0.05) is 35.7 Å². The highest BCUT2D eigenvalue weighted by atomic mass is 19.1. The van der Waals surface area contributed by atoms with Crippen molar-refractivity contribution in [1.29, 1.82) is 0 Å². The van der Waals surface area contributed by atoms with E-state index in [1.807, 2.05) is 0 Å². The Morgan fingerprint density at radius 2 is 1.97 bits per heavy atom. The summed E-state index contributed by atoms with van der Waals surface area (Å²) in [5.41, 5.74) is 1.74. The fraction of sp³-hybridized carbons (Fsp3) is 0.393. The molecule has 1 aliphatic heterocycles. The number of carbonyl (C=O) groups excluding carboxylic acids is 3. The zero-order valence-corrected chi connectivity index (χ0v) is 20.8. The van der Waals surface area contributed by atoms with Crippen molar-refractivity contribution in [1.82, 2.24) is 10.2 Å². The zero-order chi connectivity index (χ0) is 27.0. The molecule has 0 spiro atoms. The van der Waals surface area contributed by atoms with Gasteiger partial charge in [0.25, 0.3) is 0 Å². The molecule has 2 aromatic carbocycles. The first-order valence-corrected chi connectivity index (χ1v) is 12.5. The van der Waals surface area contributed by atoms with Gasteiger partial charge < -0.3 is 29.9 Å². The van der Waals surface area contributed by atoms with Gasteiger partial charge in [0.15, 0.2) is 11.5 Å². The van der Waals surface area contributed by atoms with E-state index in [9.17, 15) is 29.0 Å². The molecular weight excluding hydrogens is 495 g/mol. The second-order valence-corrected chi connectivity index (χ2v) is 9.77. The van der Waals surface area contributed by atoms with E-state index in [0.29, 0.717) is 28.7 Å². The molecule has 1 heterocycles. The monoisotopic (exact) mass is 524 g/mol. The van der Waals surface area contributed by atoms with E-state index in [2.05, 4.69) is 5.32 Å². The minimum absolute atomic E-state index is 0.00644. The number of halogens is 1. The summed E-state index contributed by atoms with van der Waals surface area (Å²) in [6, 6.07) is 7.95. The molecule has 1 saturated carbocycles. The van der Waals surface area contributed by atoms with Gasteiger partial charge in [0.1, 0.15) is 24.3 Å². The van der Waals surface area contributed by atoms with Gasteiger partial charge in [-0.1, -0.05) is 12.1 Å². The van der Waals surface area contributed by atoms with Crippen molar-refractivity contribution in [3.8, 4) is 11.5 Å². The van der Waals surface area contributed by atoms with Crippen molar-refractivity contribution in [3.05, 3.63) is 70.6 Å². The molecule has 10 heteroatoms. The molecule has 2 aliphatic carbocycles. The predicted molar refractivity (Wildman–Crippen MR) is 133 cm³/mol. The quantitative estimate of drug-likeness (QED) is 0.427. The van der Waals surface area contributed by atoms with Gasteiger partial charge in [-0.15, -0.1) is 0 Å². The molecule has 200 valence electrons. The number of benzene rings is 2. The van der Waals surface area contributed by atoms with Gasteiger partial charge in [-0.2, -0.15) is 0 Å². The molecule has 4 atom stereocenters. The van der Waals surface area contributed by atoms with E-state index >= 15 is 0 Å². The third-order valence-electron chi connectivity index (χ3n) is 7.25. The lowest BCUT2D eigenvalue weighted by Crippen LogP contribution is -2.55. The highest BCUT2D eigenvalue weighted by Gasteiger charge is 2.52. The number of nitrogens with one attached hydrogen (secondary N) is 1. The Balaban J connectivity index is 1.59. The summed E-state index contributed by atoms with van der Waals surface area (Å²) in [4.78, 5) is 39.9. The number of hydrogen-bond acceptors (Lipinski definition) is 7. The summed E-state index contributed by atoms with van der Waals surface area (Å²) >= 11 is 0. The lowest BCUT2D eigenvalue weighted by molar-refractivity contribution is -0.139. The van der Waals surface area contributed by atoms with Crippen LogP contribution in [-0.2, 0) is 16.1 Å². The second-order valence-electron chi connectivity index (χ2n) is 9.77. The van der Waals surface area contributed by atoms with Crippen LogP contribution in [0.1, 0.15) is 40.2 Å². The minimum Gasteiger partial charge on any atom is -0.493 e. The van der Waals surface area contributed by atoms with Gasteiger partial charge in [-0.25, -0.2) is 4.39 Å². The number of ether oxygens (including phenoxy) is 2. The van der Waals surface area contributed by atoms with E-state index < -0.39 is 35.9 Å². The molecule has 0 aromatic heterocycles. The smallest absolute Gasteiger partial charge is 0.247 e. The Morgan fingerprint density at radius 1 is 1.24 bits per heavy atom. The number of aldehydes is 1. The van der Waals surface area contributed by atoms with Crippen LogP contribution in [0.4, 0.5) is 4.39 Å². The first-order chi connectivity index (χ1) is 18.4. The van der Waals surface area contributed by atoms with Crippen LogP contribution in [0.15, 0.2) is 48.0 Å². The summed E-state index contributed by atoms with van der Waals surface area (Å²) in [7, 11) is 1.43. The number of nitrogens with zero attached hydrogens (tertiary/aromatic N) is 1. The largest absolute Gasteiger partial charge is 0.493 e. The SMILES string of the molecule is COc1cc(C=O)cc2c1O[C@@H]1[C@@H](O)[C@H](N(Cc3ccc(F)cc3)C(=O)C3CC3)C=C(C(=O)NCCO)[C@H]21.